The highest BCUT2D eigenvalue weighted by atomic mass is 32.2. The monoisotopic (exact) mass is 459 g/mol. The third kappa shape index (κ3) is 6.00. The zero-order valence-corrected chi connectivity index (χ0v) is 19.2. The number of benzene rings is 2. The van der Waals surface area contributed by atoms with Gasteiger partial charge in [0.1, 0.15) is 5.75 Å². The van der Waals surface area contributed by atoms with Gasteiger partial charge in [-0.2, -0.15) is 0 Å². The Bertz CT molecular complexity index is 1050. The van der Waals surface area contributed by atoms with E-state index < -0.39 is 10.0 Å². The van der Waals surface area contributed by atoms with Crippen LogP contribution in [0.5, 0.6) is 5.75 Å². The Hall–Kier alpha value is -3.07. The fourth-order valence-electron chi connectivity index (χ4n) is 3.70. The number of rotatable bonds is 9. The number of nitrogens with one attached hydrogen (secondary N) is 1. The molecule has 1 N–H and O–H groups in total. The fourth-order valence-corrected chi connectivity index (χ4v) is 4.67. The molecule has 8 nitrogen and oxygen atoms in total. The Labute approximate surface area is 189 Å². The summed E-state index contributed by atoms with van der Waals surface area (Å²) in [6.07, 6.45) is 3.57. The number of hydrogen-bond acceptors (Lipinski definition) is 5. The van der Waals surface area contributed by atoms with Crippen molar-refractivity contribution >= 4 is 33.2 Å². The van der Waals surface area contributed by atoms with Crippen LogP contribution in [0.1, 0.15) is 36.0 Å². The van der Waals surface area contributed by atoms with E-state index in [1.807, 2.05) is 0 Å². The number of carbonyl (C=O) groups is 2. The molecule has 0 unspecified atom stereocenters. The minimum Gasteiger partial charge on any atom is -0.497 e. The summed E-state index contributed by atoms with van der Waals surface area (Å²) in [5.41, 5.74) is 1.46. The lowest BCUT2D eigenvalue weighted by molar-refractivity contribution is -0.116. The van der Waals surface area contributed by atoms with E-state index in [1.165, 1.54) is 4.31 Å². The highest BCUT2D eigenvalue weighted by Gasteiger charge is 2.22. The maximum atomic E-state index is 12.8. The predicted octanol–water partition coefficient (Wildman–Crippen LogP) is 3.12. The first kappa shape index (κ1) is 23.6. The molecule has 3 rings (SSSR count). The Morgan fingerprint density at radius 1 is 1.06 bits per heavy atom. The lowest BCUT2D eigenvalue weighted by atomic mass is 10.1. The molecule has 2 amide bonds. The molecule has 0 bridgehead atoms. The molecule has 1 saturated heterocycles. The number of anilines is 2. The predicted molar refractivity (Wildman–Crippen MR) is 125 cm³/mol. The fraction of sp³-hybridized carbons (Fsp3) is 0.391. The van der Waals surface area contributed by atoms with Gasteiger partial charge in [0.15, 0.2) is 0 Å². The molecule has 0 radical (unpaired) electrons. The topological polar surface area (TPSA) is 96.0 Å². The first-order chi connectivity index (χ1) is 15.3. The summed E-state index contributed by atoms with van der Waals surface area (Å²) in [6.45, 7) is 1.62. The van der Waals surface area contributed by atoms with Crippen molar-refractivity contribution in [2.45, 2.75) is 25.7 Å². The van der Waals surface area contributed by atoms with Gasteiger partial charge in [-0.15, -0.1) is 0 Å². The molecule has 1 fully saturated rings. The van der Waals surface area contributed by atoms with E-state index in [9.17, 15) is 18.0 Å². The van der Waals surface area contributed by atoms with Gasteiger partial charge in [-0.3, -0.25) is 13.9 Å². The second-order valence-electron chi connectivity index (χ2n) is 7.73. The summed E-state index contributed by atoms with van der Waals surface area (Å²) in [5.74, 6) is 0.278. The highest BCUT2D eigenvalue weighted by molar-refractivity contribution is 7.92. The number of methoxy groups -OCH3 is 1. The maximum Gasteiger partial charge on any atom is 0.255 e. The number of nitrogens with zero attached hydrogens (tertiary/aromatic N) is 2. The van der Waals surface area contributed by atoms with E-state index in [4.69, 9.17) is 4.74 Å². The highest BCUT2D eigenvalue weighted by Crippen LogP contribution is 2.23. The van der Waals surface area contributed by atoms with Crippen molar-refractivity contribution in [3.05, 3.63) is 54.1 Å². The van der Waals surface area contributed by atoms with Crippen LogP contribution in [0.15, 0.2) is 48.5 Å². The van der Waals surface area contributed by atoms with Crippen molar-refractivity contribution in [1.29, 1.82) is 0 Å². The van der Waals surface area contributed by atoms with Crippen molar-refractivity contribution < 1.29 is 22.7 Å². The molecule has 0 spiro atoms. The molecule has 2 aromatic carbocycles. The van der Waals surface area contributed by atoms with Gasteiger partial charge in [0.05, 0.1) is 30.3 Å². The molecule has 9 heteroatoms. The molecule has 172 valence electrons. The average molecular weight is 460 g/mol. The molecular weight excluding hydrogens is 430 g/mol. The van der Waals surface area contributed by atoms with Crippen LogP contribution in [0.3, 0.4) is 0 Å². The summed E-state index contributed by atoms with van der Waals surface area (Å²) in [5, 5.41) is 2.81. The zero-order valence-electron chi connectivity index (χ0n) is 18.4. The number of para-hydroxylation sites is 1. The van der Waals surface area contributed by atoms with Crippen LogP contribution >= 0.6 is 0 Å². The average Bonchev–Trinajstić information content (AvgIpc) is 3.31. The van der Waals surface area contributed by atoms with Crippen LogP contribution in [-0.4, -0.2) is 58.1 Å². The number of sulfonamides is 1. The first-order valence-corrected chi connectivity index (χ1v) is 12.4. The van der Waals surface area contributed by atoms with E-state index in [0.717, 1.165) is 32.2 Å². The first-order valence-electron chi connectivity index (χ1n) is 10.6. The number of likely N-dealkylation sites (tertiary alicyclic amines) is 1. The Balaban J connectivity index is 1.61. The zero-order chi connectivity index (χ0) is 23.1. The van der Waals surface area contributed by atoms with Gasteiger partial charge < -0.3 is 15.0 Å². The minimum absolute atomic E-state index is 0.0823. The molecule has 1 aliphatic rings. The van der Waals surface area contributed by atoms with Crippen molar-refractivity contribution in [1.82, 2.24) is 4.90 Å². The summed E-state index contributed by atoms with van der Waals surface area (Å²) in [7, 11) is -1.97. The quantitative estimate of drug-likeness (QED) is 0.622. The van der Waals surface area contributed by atoms with Crippen LogP contribution < -0.4 is 14.4 Å². The van der Waals surface area contributed by atoms with Gasteiger partial charge >= 0.3 is 0 Å². The lowest BCUT2D eigenvalue weighted by Crippen LogP contribution is -2.31. The van der Waals surface area contributed by atoms with E-state index >= 15 is 0 Å². The minimum atomic E-state index is -3.51. The largest absolute Gasteiger partial charge is 0.497 e. The van der Waals surface area contributed by atoms with Crippen LogP contribution in [0.2, 0.25) is 0 Å². The third-order valence-electron chi connectivity index (χ3n) is 5.35. The van der Waals surface area contributed by atoms with Gasteiger partial charge in [0.25, 0.3) is 5.91 Å². The lowest BCUT2D eigenvalue weighted by Gasteiger charge is -2.22. The van der Waals surface area contributed by atoms with Gasteiger partial charge in [-0.1, -0.05) is 12.1 Å². The van der Waals surface area contributed by atoms with Crippen LogP contribution in [0, 0.1) is 0 Å². The van der Waals surface area contributed by atoms with Crippen LogP contribution in [-0.2, 0) is 14.8 Å². The Kier molecular flexibility index (Phi) is 7.74. The summed E-state index contributed by atoms with van der Waals surface area (Å²) < 4.78 is 30.9. The van der Waals surface area contributed by atoms with Gasteiger partial charge in [-0.25, -0.2) is 8.42 Å². The van der Waals surface area contributed by atoms with E-state index in [0.29, 0.717) is 29.1 Å². The summed E-state index contributed by atoms with van der Waals surface area (Å²) >= 11 is 0. The number of carbonyl (C=O) groups excluding carboxylic acids is 2. The standard InChI is InChI=1S/C23H29N3O5S/c1-31-19-13-11-18(12-14-19)26(32(2,29)30)17-7-10-22(27)24-21-9-4-3-8-20(21)23(28)25-15-5-6-16-25/h3-4,8-9,11-14H,5-7,10,15-17H2,1-2H3,(H,24,27). The SMILES string of the molecule is COc1ccc(N(CCCC(=O)Nc2ccccc2C(=O)N2CCCC2)S(C)(=O)=O)cc1. The second-order valence-corrected chi connectivity index (χ2v) is 9.64. The van der Waals surface area contributed by atoms with Crippen molar-refractivity contribution in [3.8, 4) is 5.75 Å². The molecular formula is C23H29N3O5S. The number of amides is 2. The molecule has 0 aliphatic carbocycles. The van der Waals surface area contributed by atoms with Crippen LogP contribution in [0.4, 0.5) is 11.4 Å². The van der Waals surface area contributed by atoms with E-state index in [-0.39, 0.29) is 24.8 Å². The Morgan fingerprint density at radius 2 is 1.72 bits per heavy atom. The van der Waals surface area contributed by atoms with Crippen molar-refractivity contribution in [2.75, 3.05) is 42.6 Å². The van der Waals surface area contributed by atoms with Gasteiger partial charge in [0.2, 0.25) is 15.9 Å². The molecule has 1 aliphatic heterocycles. The summed E-state index contributed by atoms with van der Waals surface area (Å²) in [6, 6.07) is 13.7. The van der Waals surface area contributed by atoms with Crippen LogP contribution in [0.25, 0.3) is 0 Å². The smallest absolute Gasteiger partial charge is 0.255 e. The summed E-state index contributed by atoms with van der Waals surface area (Å²) in [4.78, 5) is 27.1. The number of hydrogen-bond donors (Lipinski definition) is 1. The molecule has 0 saturated carbocycles. The molecule has 0 atom stereocenters. The van der Waals surface area contributed by atoms with Gasteiger partial charge in [-0.05, 0) is 55.7 Å². The third-order valence-corrected chi connectivity index (χ3v) is 6.54. The van der Waals surface area contributed by atoms with Crippen molar-refractivity contribution in [2.24, 2.45) is 0 Å². The molecule has 1 heterocycles. The van der Waals surface area contributed by atoms with E-state index in [2.05, 4.69) is 5.32 Å². The Morgan fingerprint density at radius 3 is 2.34 bits per heavy atom. The molecule has 32 heavy (non-hydrogen) atoms. The number of ether oxygens (including phenoxy) is 1. The molecule has 0 aromatic heterocycles. The van der Waals surface area contributed by atoms with Gasteiger partial charge in [0, 0.05) is 26.1 Å². The molecule has 2 aromatic rings. The second kappa shape index (κ2) is 10.5. The maximum absolute atomic E-state index is 12.8. The van der Waals surface area contributed by atoms with Crippen molar-refractivity contribution in [3.63, 3.8) is 0 Å². The normalized spacial score (nSPS) is 13.6. The van der Waals surface area contributed by atoms with E-state index in [1.54, 1.807) is 60.5 Å².